The lowest BCUT2D eigenvalue weighted by atomic mass is 10.2. The Kier molecular flexibility index (Phi) is 6.07. The third kappa shape index (κ3) is 4.29. The van der Waals surface area contributed by atoms with Gasteiger partial charge in [-0.05, 0) is 55.3 Å². The summed E-state index contributed by atoms with van der Waals surface area (Å²) in [6, 6.07) is 12.5. The number of carbonyl (C=O) groups is 1. The molecule has 3 heterocycles. The molecule has 1 unspecified atom stereocenters. The van der Waals surface area contributed by atoms with Gasteiger partial charge in [0.25, 0.3) is 0 Å². The van der Waals surface area contributed by atoms with E-state index >= 15 is 0 Å². The second kappa shape index (κ2) is 9.03. The molecule has 0 radical (unpaired) electrons. The Morgan fingerprint density at radius 3 is 2.79 bits per heavy atom. The summed E-state index contributed by atoms with van der Waals surface area (Å²) in [4.78, 5) is 17.6. The van der Waals surface area contributed by atoms with Crippen molar-refractivity contribution in [1.29, 1.82) is 0 Å². The number of fused-ring (bicyclic) bond motifs is 1. The number of furan rings is 1. The van der Waals surface area contributed by atoms with E-state index in [-0.39, 0.29) is 11.4 Å². The van der Waals surface area contributed by atoms with Crippen molar-refractivity contribution in [2.45, 2.75) is 23.8 Å². The number of anilines is 1. The number of thiazole rings is 1. The highest BCUT2D eigenvalue weighted by molar-refractivity contribution is 7.89. The molecular formula is C23H20ClN3O5S2. The molecule has 1 aliphatic heterocycles. The van der Waals surface area contributed by atoms with Crippen LogP contribution in [-0.2, 0) is 14.8 Å². The minimum Gasteiger partial charge on any atom is -0.497 e. The summed E-state index contributed by atoms with van der Waals surface area (Å²) in [5.41, 5.74) is 1.24. The molecule has 1 fully saturated rings. The van der Waals surface area contributed by atoms with Gasteiger partial charge in [-0.15, -0.1) is 11.3 Å². The van der Waals surface area contributed by atoms with E-state index in [1.807, 2.05) is 18.2 Å². The predicted octanol–water partition coefficient (Wildman–Crippen LogP) is 5.01. The van der Waals surface area contributed by atoms with Crippen molar-refractivity contribution in [2.75, 3.05) is 19.0 Å². The van der Waals surface area contributed by atoms with Crippen LogP contribution in [0.2, 0.25) is 5.02 Å². The van der Waals surface area contributed by atoms with Crippen molar-refractivity contribution in [3.05, 3.63) is 58.9 Å². The van der Waals surface area contributed by atoms with Gasteiger partial charge in [-0.3, -0.25) is 4.79 Å². The number of carbonyl (C=O) groups excluding carboxylic acids is 1. The van der Waals surface area contributed by atoms with Gasteiger partial charge in [0.2, 0.25) is 15.9 Å². The van der Waals surface area contributed by atoms with E-state index < -0.39 is 22.0 Å². The van der Waals surface area contributed by atoms with Crippen LogP contribution in [0.5, 0.6) is 5.75 Å². The molecule has 4 aromatic rings. The van der Waals surface area contributed by atoms with Gasteiger partial charge in [0.1, 0.15) is 23.1 Å². The standard InChI is InChI=1S/C23H20ClN3O5S2/c1-31-16-7-4-14-11-21(32-20(14)12-16)18-13-33-23(25-18)26-22(28)19-3-2-10-27(19)34(29,30)17-8-5-15(24)6-9-17/h4-9,11-13,19H,2-3,10H2,1H3,(H,25,26,28). The fraction of sp³-hybridized carbons (Fsp3) is 0.217. The number of methoxy groups -OCH3 is 1. The molecule has 2 aromatic carbocycles. The summed E-state index contributed by atoms with van der Waals surface area (Å²) in [7, 11) is -2.24. The summed E-state index contributed by atoms with van der Waals surface area (Å²) in [5.74, 6) is 0.840. The van der Waals surface area contributed by atoms with Crippen molar-refractivity contribution >= 4 is 55.0 Å². The summed E-state index contributed by atoms with van der Waals surface area (Å²) in [5, 5.41) is 6.27. The first-order valence-corrected chi connectivity index (χ1v) is 13.2. The molecule has 11 heteroatoms. The van der Waals surface area contributed by atoms with Crippen LogP contribution in [0, 0.1) is 0 Å². The van der Waals surface area contributed by atoms with Crippen LogP contribution < -0.4 is 10.1 Å². The fourth-order valence-corrected chi connectivity index (χ4v) is 6.41. The van der Waals surface area contributed by atoms with E-state index in [0.29, 0.717) is 45.8 Å². The van der Waals surface area contributed by atoms with Crippen molar-refractivity contribution in [3.8, 4) is 17.2 Å². The van der Waals surface area contributed by atoms with E-state index in [0.717, 1.165) is 5.39 Å². The van der Waals surface area contributed by atoms with Crippen LogP contribution in [0.4, 0.5) is 5.13 Å². The van der Waals surface area contributed by atoms with E-state index in [9.17, 15) is 13.2 Å². The molecule has 176 valence electrons. The van der Waals surface area contributed by atoms with Gasteiger partial charge in [-0.25, -0.2) is 13.4 Å². The first kappa shape index (κ1) is 22.9. The van der Waals surface area contributed by atoms with E-state index in [4.69, 9.17) is 20.8 Å². The van der Waals surface area contributed by atoms with Gasteiger partial charge < -0.3 is 14.5 Å². The molecule has 2 aromatic heterocycles. The number of sulfonamides is 1. The topological polar surface area (TPSA) is 102 Å². The Morgan fingerprint density at radius 2 is 2.03 bits per heavy atom. The molecule has 34 heavy (non-hydrogen) atoms. The monoisotopic (exact) mass is 517 g/mol. The van der Waals surface area contributed by atoms with Gasteiger partial charge in [-0.2, -0.15) is 4.31 Å². The summed E-state index contributed by atoms with van der Waals surface area (Å²) in [6.07, 6.45) is 1.03. The number of benzene rings is 2. The molecule has 5 rings (SSSR count). The van der Waals surface area contributed by atoms with Crippen molar-refractivity contribution in [2.24, 2.45) is 0 Å². The Bertz CT molecular complexity index is 1460. The van der Waals surface area contributed by atoms with Crippen molar-refractivity contribution < 1.29 is 22.4 Å². The first-order valence-electron chi connectivity index (χ1n) is 10.5. The maximum absolute atomic E-state index is 13.1. The number of aromatic nitrogens is 1. The zero-order chi connectivity index (χ0) is 23.9. The van der Waals surface area contributed by atoms with Gasteiger partial charge in [-0.1, -0.05) is 11.6 Å². The highest BCUT2D eigenvalue weighted by Crippen LogP contribution is 2.33. The van der Waals surface area contributed by atoms with Crippen LogP contribution in [0.25, 0.3) is 22.4 Å². The van der Waals surface area contributed by atoms with Gasteiger partial charge >= 0.3 is 0 Å². The summed E-state index contributed by atoms with van der Waals surface area (Å²) >= 11 is 7.13. The number of halogens is 1. The molecular weight excluding hydrogens is 498 g/mol. The molecule has 1 amide bonds. The Balaban J connectivity index is 1.33. The predicted molar refractivity (Wildman–Crippen MR) is 131 cm³/mol. The maximum Gasteiger partial charge on any atom is 0.244 e. The third-order valence-corrected chi connectivity index (χ3v) is 8.57. The van der Waals surface area contributed by atoms with Crippen LogP contribution in [0.15, 0.2) is 63.2 Å². The summed E-state index contributed by atoms with van der Waals surface area (Å²) in [6.45, 7) is 0.272. The molecule has 1 N–H and O–H groups in total. The van der Waals surface area contributed by atoms with Gasteiger partial charge in [0.05, 0.1) is 12.0 Å². The van der Waals surface area contributed by atoms with E-state index in [2.05, 4.69) is 10.3 Å². The second-order valence-electron chi connectivity index (χ2n) is 7.77. The zero-order valence-corrected chi connectivity index (χ0v) is 20.4. The first-order chi connectivity index (χ1) is 16.3. The number of hydrogen-bond acceptors (Lipinski definition) is 7. The highest BCUT2D eigenvalue weighted by Gasteiger charge is 2.39. The molecule has 0 saturated carbocycles. The SMILES string of the molecule is COc1ccc2cc(-c3csc(NC(=O)C4CCCN4S(=O)(=O)c4ccc(Cl)cc4)n3)oc2c1. The number of nitrogens with zero attached hydrogens (tertiary/aromatic N) is 2. The average Bonchev–Trinajstić information content (AvgIpc) is 3.57. The normalized spacial score (nSPS) is 16.7. The number of nitrogens with one attached hydrogen (secondary N) is 1. The van der Waals surface area contributed by atoms with Gasteiger partial charge in [0, 0.05) is 28.4 Å². The second-order valence-corrected chi connectivity index (χ2v) is 11.0. The molecule has 1 saturated heterocycles. The number of ether oxygens (including phenoxy) is 1. The smallest absolute Gasteiger partial charge is 0.244 e. The van der Waals surface area contributed by atoms with E-state index in [1.165, 1.54) is 39.9 Å². The molecule has 8 nitrogen and oxygen atoms in total. The van der Waals surface area contributed by atoms with Gasteiger partial charge in [0.15, 0.2) is 10.9 Å². The van der Waals surface area contributed by atoms with Crippen LogP contribution in [0.3, 0.4) is 0 Å². The molecule has 0 aliphatic carbocycles. The number of rotatable bonds is 6. The minimum absolute atomic E-state index is 0.106. The van der Waals surface area contributed by atoms with Crippen LogP contribution in [0.1, 0.15) is 12.8 Å². The fourth-order valence-electron chi connectivity index (χ4n) is 3.93. The Hall–Kier alpha value is -2.92. The molecule has 1 aliphatic rings. The number of hydrogen-bond donors (Lipinski definition) is 1. The largest absolute Gasteiger partial charge is 0.497 e. The lowest BCUT2D eigenvalue weighted by Crippen LogP contribution is -2.43. The quantitative estimate of drug-likeness (QED) is 0.386. The molecule has 1 atom stereocenters. The van der Waals surface area contributed by atoms with Crippen molar-refractivity contribution in [3.63, 3.8) is 0 Å². The number of amides is 1. The zero-order valence-electron chi connectivity index (χ0n) is 18.0. The third-order valence-electron chi connectivity index (χ3n) is 5.64. The minimum atomic E-state index is -3.83. The van der Waals surface area contributed by atoms with E-state index in [1.54, 1.807) is 18.6 Å². The lowest BCUT2D eigenvalue weighted by Gasteiger charge is -2.23. The van der Waals surface area contributed by atoms with Crippen LogP contribution in [-0.4, -0.2) is 43.3 Å². The molecule has 0 bridgehead atoms. The Morgan fingerprint density at radius 1 is 1.24 bits per heavy atom. The highest BCUT2D eigenvalue weighted by atomic mass is 35.5. The lowest BCUT2D eigenvalue weighted by molar-refractivity contribution is -0.119. The maximum atomic E-state index is 13.1. The molecule has 0 spiro atoms. The van der Waals surface area contributed by atoms with Crippen molar-refractivity contribution in [1.82, 2.24) is 9.29 Å². The summed E-state index contributed by atoms with van der Waals surface area (Å²) < 4.78 is 38.6. The van der Waals surface area contributed by atoms with Crippen LogP contribution >= 0.6 is 22.9 Å². The Labute approximate surface area is 205 Å². The average molecular weight is 518 g/mol.